The second-order valence-corrected chi connectivity index (χ2v) is 10.7. The summed E-state index contributed by atoms with van der Waals surface area (Å²) in [5, 5.41) is 11.9. The van der Waals surface area contributed by atoms with Gasteiger partial charge in [0.15, 0.2) is 5.60 Å². The van der Waals surface area contributed by atoms with Crippen molar-refractivity contribution in [3.8, 4) is 6.07 Å². The highest BCUT2D eigenvalue weighted by atomic mass is 19.1. The molecule has 5 rings (SSSR count). The number of hydrogen-bond acceptors (Lipinski definition) is 6. The van der Waals surface area contributed by atoms with E-state index in [1.807, 2.05) is 13.8 Å². The number of anilines is 1. The van der Waals surface area contributed by atoms with E-state index in [0.717, 1.165) is 17.7 Å². The van der Waals surface area contributed by atoms with Crippen molar-refractivity contribution >= 4 is 28.5 Å². The third-order valence-electron chi connectivity index (χ3n) is 7.49. The largest absolute Gasteiger partial charge is 0.367 e. The second-order valence-electron chi connectivity index (χ2n) is 10.7. The molecule has 3 aromatic rings. The first-order chi connectivity index (χ1) is 19.5. The summed E-state index contributed by atoms with van der Waals surface area (Å²) in [6.07, 6.45) is 1.90. The van der Waals surface area contributed by atoms with Crippen molar-refractivity contribution in [1.29, 1.82) is 5.26 Å². The number of nitrogens with two attached hydrogens (primary N) is 1. The number of carbonyl (C=O) groups excluding carboxylic acids is 2. The molecule has 0 spiro atoms. The molecule has 13 heteroatoms. The van der Waals surface area contributed by atoms with Crippen LogP contribution in [0.25, 0.3) is 10.9 Å². The summed E-state index contributed by atoms with van der Waals surface area (Å²) >= 11 is 0. The molecule has 1 saturated carbocycles. The molecule has 1 aromatic heterocycles. The molecule has 2 heterocycles. The smallest absolute Gasteiger partial charge is 0.331 e. The summed E-state index contributed by atoms with van der Waals surface area (Å²) < 4.78 is 37.6. The number of urea groups is 1. The van der Waals surface area contributed by atoms with Crippen LogP contribution in [0, 0.1) is 28.9 Å². The predicted octanol–water partition coefficient (Wildman–Crippen LogP) is 2.55. The van der Waals surface area contributed by atoms with Crippen LogP contribution < -0.4 is 22.3 Å². The van der Waals surface area contributed by atoms with Gasteiger partial charge in [0, 0.05) is 30.4 Å². The summed E-state index contributed by atoms with van der Waals surface area (Å²) in [6, 6.07) is 6.50. The third-order valence-corrected chi connectivity index (χ3v) is 7.49. The van der Waals surface area contributed by atoms with Gasteiger partial charge in [0.2, 0.25) is 0 Å². The third kappa shape index (κ3) is 4.95. The van der Waals surface area contributed by atoms with Crippen LogP contribution in [0.1, 0.15) is 43.9 Å². The van der Waals surface area contributed by atoms with Crippen molar-refractivity contribution in [2.75, 3.05) is 25.0 Å². The van der Waals surface area contributed by atoms with Gasteiger partial charge in [-0.2, -0.15) is 5.26 Å². The SMILES string of the molecule is CC(C)n1c(=O)n(CC2CC2)c(=O)c2cc(NC(=O)N3CCOC(C(N)=O)(c4cc(F)c(C#N)cc4F)C3)ccc21. The molecule has 214 valence electrons. The number of carbonyl (C=O) groups is 2. The summed E-state index contributed by atoms with van der Waals surface area (Å²) in [4.78, 5) is 53.5. The van der Waals surface area contributed by atoms with Crippen molar-refractivity contribution in [3.63, 3.8) is 0 Å². The molecule has 3 N–H and O–H groups in total. The van der Waals surface area contributed by atoms with Crippen LogP contribution in [0.5, 0.6) is 0 Å². The molecule has 2 fully saturated rings. The first-order valence-electron chi connectivity index (χ1n) is 13.2. The molecule has 11 nitrogen and oxygen atoms in total. The topological polar surface area (TPSA) is 152 Å². The standard InChI is InChI=1S/C28H28F2N6O5/c1-15(2)36-23-6-5-18(10-19(23)24(37)35(27(36)40)13-16-3-4-16)33-26(39)34-7-8-41-28(14-34,25(32)38)20-11-21(29)17(12-31)9-22(20)30/h5-6,9-11,15-16H,3-4,7-8,13-14H2,1-2H3,(H2,32,38)(H,33,39). The Hall–Kier alpha value is -4.57. The number of fused-ring (bicyclic) bond motifs is 1. The van der Waals surface area contributed by atoms with Gasteiger partial charge in [-0.1, -0.05) is 0 Å². The summed E-state index contributed by atoms with van der Waals surface area (Å²) in [5.41, 5.74) is 2.11. The van der Waals surface area contributed by atoms with E-state index < -0.39 is 52.4 Å². The van der Waals surface area contributed by atoms with Gasteiger partial charge in [0.05, 0.1) is 29.6 Å². The molecule has 3 amide bonds. The highest BCUT2D eigenvalue weighted by Gasteiger charge is 2.47. The van der Waals surface area contributed by atoms with Crippen LogP contribution in [-0.2, 0) is 21.7 Å². The van der Waals surface area contributed by atoms with E-state index in [9.17, 15) is 28.0 Å². The number of halogens is 2. The van der Waals surface area contributed by atoms with Crippen LogP contribution in [0.4, 0.5) is 19.3 Å². The molecule has 2 aliphatic rings. The number of morpholine rings is 1. The Morgan fingerprint density at radius 3 is 2.56 bits per heavy atom. The molecule has 1 atom stereocenters. The van der Waals surface area contributed by atoms with Crippen molar-refractivity contribution in [2.45, 2.75) is 44.9 Å². The average molecular weight is 567 g/mol. The number of nitriles is 1. The van der Waals surface area contributed by atoms with Crippen LogP contribution in [0.15, 0.2) is 39.9 Å². The van der Waals surface area contributed by atoms with Crippen molar-refractivity contribution in [3.05, 3.63) is 73.9 Å². The lowest BCUT2D eigenvalue weighted by molar-refractivity contribution is -0.156. The van der Waals surface area contributed by atoms with Crippen LogP contribution in [0.3, 0.4) is 0 Å². The van der Waals surface area contributed by atoms with E-state index in [4.69, 9.17) is 15.7 Å². The van der Waals surface area contributed by atoms with Gasteiger partial charge in [-0.05, 0) is 62.9 Å². The Balaban J connectivity index is 1.47. The fourth-order valence-electron chi connectivity index (χ4n) is 5.17. The Morgan fingerprint density at radius 2 is 1.93 bits per heavy atom. The number of nitrogens with one attached hydrogen (secondary N) is 1. The van der Waals surface area contributed by atoms with E-state index in [0.29, 0.717) is 24.2 Å². The minimum Gasteiger partial charge on any atom is -0.367 e. The van der Waals surface area contributed by atoms with Crippen LogP contribution >= 0.6 is 0 Å². The maximum atomic E-state index is 14.9. The van der Waals surface area contributed by atoms with Crippen LogP contribution in [-0.4, -0.2) is 45.7 Å². The Kier molecular flexibility index (Phi) is 7.12. The van der Waals surface area contributed by atoms with Gasteiger partial charge in [0.1, 0.15) is 17.7 Å². The van der Waals surface area contributed by atoms with E-state index in [1.165, 1.54) is 16.7 Å². The van der Waals surface area contributed by atoms with Gasteiger partial charge in [0.25, 0.3) is 11.5 Å². The number of nitrogens with zero attached hydrogens (tertiary/aromatic N) is 4. The summed E-state index contributed by atoms with van der Waals surface area (Å²) in [7, 11) is 0. The molecule has 2 aromatic carbocycles. The van der Waals surface area contributed by atoms with E-state index >= 15 is 0 Å². The number of benzene rings is 2. The molecular weight excluding hydrogens is 538 g/mol. The molecule has 1 saturated heterocycles. The molecule has 1 aliphatic heterocycles. The van der Waals surface area contributed by atoms with Crippen molar-refractivity contribution in [1.82, 2.24) is 14.0 Å². The van der Waals surface area contributed by atoms with Crippen LogP contribution in [0.2, 0.25) is 0 Å². The van der Waals surface area contributed by atoms with Gasteiger partial charge in [-0.25, -0.2) is 18.4 Å². The minimum absolute atomic E-state index is 0.00406. The van der Waals surface area contributed by atoms with Gasteiger partial charge < -0.3 is 20.7 Å². The van der Waals surface area contributed by atoms with E-state index in [-0.39, 0.29) is 41.9 Å². The maximum Gasteiger partial charge on any atom is 0.331 e. The first-order valence-corrected chi connectivity index (χ1v) is 13.2. The lowest BCUT2D eigenvalue weighted by Gasteiger charge is -2.40. The molecule has 0 radical (unpaired) electrons. The lowest BCUT2D eigenvalue weighted by Crippen LogP contribution is -2.59. The highest BCUT2D eigenvalue weighted by molar-refractivity contribution is 5.94. The molecule has 1 aliphatic carbocycles. The Morgan fingerprint density at radius 1 is 1.20 bits per heavy atom. The first kappa shape index (κ1) is 28.0. The quantitative estimate of drug-likeness (QED) is 0.468. The molecule has 1 unspecified atom stereocenters. The number of primary amides is 1. The lowest BCUT2D eigenvalue weighted by atomic mass is 9.89. The monoisotopic (exact) mass is 566 g/mol. The molecule has 0 bridgehead atoms. The van der Waals surface area contributed by atoms with Crippen molar-refractivity contribution in [2.24, 2.45) is 11.7 Å². The highest BCUT2D eigenvalue weighted by Crippen LogP contribution is 2.34. The van der Waals surface area contributed by atoms with Crippen molar-refractivity contribution < 1.29 is 23.1 Å². The number of hydrogen-bond donors (Lipinski definition) is 2. The average Bonchev–Trinajstić information content (AvgIpc) is 3.76. The zero-order chi connectivity index (χ0) is 29.6. The minimum atomic E-state index is -2.21. The Bertz CT molecular complexity index is 1740. The number of rotatable bonds is 6. The van der Waals surface area contributed by atoms with Gasteiger partial charge in [-0.15, -0.1) is 0 Å². The molecule has 41 heavy (non-hydrogen) atoms. The Labute approximate surface area is 232 Å². The van der Waals surface area contributed by atoms with Gasteiger partial charge >= 0.3 is 11.7 Å². The maximum absolute atomic E-state index is 14.9. The number of aromatic nitrogens is 2. The fourth-order valence-corrected chi connectivity index (χ4v) is 5.17. The number of ether oxygens (including phenoxy) is 1. The van der Waals surface area contributed by atoms with E-state index in [1.54, 1.807) is 16.7 Å². The predicted molar refractivity (Wildman–Crippen MR) is 144 cm³/mol. The normalized spacial score (nSPS) is 18.9. The van der Waals surface area contributed by atoms with Gasteiger partial charge in [-0.3, -0.25) is 18.7 Å². The van der Waals surface area contributed by atoms with E-state index in [2.05, 4.69) is 5.32 Å². The number of amides is 3. The summed E-state index contributed by atoms with van der Waals surface area (Å²) in [6.45, 7) is 3.25. The second kappa shape index (κ2) is 10.4. The zero-order valence-electron chi connectivity index (χ0n) is 22.4. The summed E-state index contributed by atoms with van der Waals surface area (Å²) in [5.74, 6) is -3.02. The molecular formula is C28H28F2N6O5. The fraction of sp³-hybridized carbons (Fsp3) is 0.393. The zero-order valence-corrected chi connectivity index (χ0v) is 22.4.